The standard InChI is InChI=1S/C31H45F3N4OS/c1-30(2,3)23-8-10-24(11-9-23)35-26-16-20-37(21-17-26)18-5-7-29(39)38-19-4-6-27(22-38)36-25-12-14-28(15-13-25)40-31(32,33)34/h8-12,14-15,25-27,35-36H,4-7,13,16-22H2,1-3H3/t25?,27-/m0/s1. The fourth-order valence-corrected chi connectivity index (χ4v) is 6.38. The molecule has 9 heteroatoms. The number of thioether (sulfide) groups is 1. The van der Waals surface area contributed by atoms with Gasteiger partial charge in [-0.3, -0.25) is 4.79 Å². The molecule has 2 atom stereocenters. The molecule has 1 amide bonds. The van der Waals surface area contributed by atoms with Crippen molar-refractivity contribution >= 4 is 23.4 Å². The number of benzene rings is 1. The lowest BCUT2D eigenvalue weighted by Crippen LogP contribution is -2.50. The van der Waals surface area contributed by atoms with Gasteiger partial charge >= 0.3 is 5.51 Å². The third-order valence-corrected chi connectivity index (χ3v) is 8.87. The molecule has 4 rings (SSSR count). The Morgan fingerprint density at radius 1 is 1.02 bits per heavy atom. The van der Waals surface area contributed by atoms with Gasteiger partial charge in [-0.2, -0.15) is 13.2 Å². The first kappa shape index (κ1) is 31.0. The van der Waals surface area contributed by atoms with Gasteiger partial charge in [0.2, 0.25) is 5.91 Å². The summed E-state index contributed by atoms with van der Waals surface area (Å²) < 4.78 is 37.7. The van der Waals surface area contributed by atoms with Crippen LogP contribution in [0.15, 0.2) is 47.4 Å². The molecule has 2 fully saturated rings. The molecule has 1 unspecified atom stereocenters. The van der Waals surface area contributed by atoms with Gasteiger partial charge in [-0.1, -0.05) is 51.1 Å². The fourth-order valence-electron chi connectivity index (χ4n) is 5.79. The second kappa shape index (κ2) is 13.8. The van der Waals surface area contributed by atoms with E-state index in [1.165, 1.54) is 11.3 Å². The molecule has 0 saturated carbocycles. The van der Waals surface area contributed by atoms with Crippen LogP contribution in [0.2, 0.25) is 0 Å². The summed E-state index contributed by atoms with van der Waals surface area (Å²) in [6.45, 7) is 11.2. The molecular formula is C31H45F3N4OS. The highest BCUT2D eigenvalue weighted by molar-refractivity contribution is 8.04. The van der Waals surface area contributed by atoms with Crippen LogP contribution in [0.3, 0.4) is 0 Å². The molecule has 5 nitrogen and oxygen atoms in total. The molecule has 2 aliphatic heterocycles. The summed E-state index contributed by atoms with van der Waals surface area (Å²) in [5, 5.41) is 7.23. The highest BCUT2D eigenvalue weighted by Crippen LogP contribution is 2.38. The van der Waals surface area contributed by atoms with Crippen LogP contribution in [-0.4, -0.2) is 72.1 Å². The van der Waals surface area contributed by atoms with Crippen LogP contribution >= 0.6 is 11.8 Å². The first-order valence-corrected chi connectivity index (χ1v) is 15.5. The molecule has 0 bridgehead atoms. The Morgan fingerprint density at radius 3 is 2.38 bits per heavy atom. The number of hydrogen-bond acceptors (Lipinski definition) is 5. The van der Waals surface area contributed by atoms with Crippen LogP contribution in [-0.2, 0) is 10.2 Å². The highest BCUT2D eigenvalue weighted by Gasteiger charge is 2.31. The van der Waals surface area contributed by atoms with E-state index in [9.17, 15) is 18.0 Å². The molecule has 40 heavy (non-hydrogen) atoms. The van der Waals surface area contributed by atoms with E-state index in [2.05, 4.69) is 60.6 Å². The van der Waals surface area contributed by atoms with Crippen LogP contribution < -0.4 is 10.6 Å². The van der Waals surface area contributed by atoms with E-state index in [-0.39, 0.29) is 40.1 Å². The largest absolute Gasteiger partial charge is 0.446 e. The van der Waals surface area contributed by atoms with Crippen molar-refractivity contribution in [2.24, 2.45) is 0 Å². The third-order valence-electron chi connectivity index (χ3n) is 8.10. The molecule has 222 valence electrons. The van der Waals surface area contributed by atoms with Crippen molar-refractivity contribution in [3.63, 3.8) is 0 Å². The van der Waals surface area contributed by atoms with E-state index >= 15 is 0 Å². The number of halogens is 3. The van der Waals surface area contributed by atoms with Crippen molar-refractivity contribution in [1.82, 2.24) is 15.1 Å². The molecule has 1 aromatic rings. The Hall–Kier alpha value is -1.97. The maximum atomic E-state index is 12.9. The summed E-state index contributed by atoms with van der Waals surface area (Å²) >= 11 is -0.0640. The van der Waals surface area contributed by atoms with Gasteiger partial charge in [-0.05, 0) is 79.9 Å². The summed E-state index contributed by atoms with van der Waals surface area (Å²) in [6, 6.07) is 9.49. The minimum absolute atomic E-state index is 0.0119. The van der Waals surface area contributed by atoms with Gasteiger partial charge in [0.05, 0.1) is 0 Å². The van der Waals surface area contributed by atoms with E-state index in [0.717, 1.165) is 58.3 Å². The number of carbonyl (C=O) groups excluding carboxylic acids is 1. The molecule has 1 aromatic carbocycles. The van der Waals surface area contributed by atoms with Crippen LogP contribution in [0.25, 0.3) is 0 Å². The van der Waals surface area contributed by atoms with Gasteiger partial charge in [-0.25, -0.2) is 0 Å². The van der Waals surface area contributed by atoms with Crippen molar-refractivity contribution in [3.8, 4) is 0 Å². The lowest BCUT2D eigenvalue weighted by Gasteiger charge is -2.36. The lowest BCUT2D eigenvalue weighted by atomic mass is 9.87. The Morgan fingerprint density at radius 2 is 1.75 bits per heavy atom. The van der Waals surface area contributed by atoms with Gasteiger partial charge in [-0.15, -0.1) is 0 Å². The third kappa shape index (κ3) is 9.84. The van der Waals surface area contributed by atoms with Crippen molar-refractivity contribution in [2.75, 3.05) is 38.0 Å². The van der Waals surface area contributed by atoms with Gasteiger partial charge in [0, 0.05) is 61.3 Å². The van der Waals surface area contributed by atoms with Crippen LogP contribution in [0, 0.1) is 0 Å². The van der Waals surface area contributed by atoms with Gasteiger partial charge in [0.25, 0.3) is 0 Å². The van der Waals surface area contributed by atoms with Crippen LogP contribution in [0.4, 0.5) is 18.9 Å². The van der Waals surface area contributed by atoms with Gasteiger partial charge in [0.15, 0.2) is 0 Å². The maximum absolute atomic E-state index is 12.9. The van der Waals surface area contributed by atoms with Crippen LogP contribution in [0.5, 0.6) is 0 Å². The summed E-state index contributed by atoms with van der Waals surface area (Å²) in [5.41, 5.74) is -1.56. The average Bonchev–Trinajstić information content (AvgIpc) is 2.90. The zero-order chi connectivity index (χ0) is 28.8. The van der Waals surface area contributed by atoms with Crippen molar-refractivity contribution in [3.05, 3.63) is 53.0 Å². The van der Waals surface area contributed by atoms with Crippen molar-refractivity contribution in [2.45, 2.75) is 94.8 Å². The normalized spacial score (nSPS) is 23.2. The average molecular weight is 579 g/mol. The van der Waals surface area contributed by atoms with E-state index < -0.39 is 5.51 Å². The molecule has 0 radical (unpaired) electrons. The molecule has 1 aliphatic carbocycles. The van der Waals surface area contributed by atoms with Crippen molar-refractivity contribution < 1.29 is 18.0 Å². The minimum atomic E-state index is -4.26. The number of nitrogens with one attached hydrogen (secondary N) is 2. The maximum Gasteiger partial charge on any atom is 0.446 e. The number of piperidine rings is 2. The quantitative estimate of drug-likeness (QED) is 0.342. The van der Waals surface area contributed by atoms with E-state index in [1.54, 1.807) is 12.2 Å². The number of nitrogens with zero attached hydrogens (tertiary/aromatic N) is 2. The van der Waals surface area contributed by atoms with E-state index in [1.807, 2.05) is 11.0 Å². The minimum Gasteiger partial charge on any atom is -0.382 e. The molecular weight excluding hydrogens is 533 g/mol. The number of hydrogen-bond donors (Lipinski definition) is 2. The van der Waals surface area contributed by atoms with Gasteiger partial charge < -0.3 is 20.4 Å². The number of amides is 1. The number of anilines is 1. The Balaban J connectivity index is 1.11. The smallest absolute Gasteiger partial charge is 0.382 e. The van der Waals surface area contributed by atoms with Crippen molar-refractivity contribution in [1.29, 1.82) is 0 Å². The van der Waals surface area contributed by atoms with E-state index in [0.29, 0.717) is 25.4 Å². The lowest BCUT2D eigenvalue weighted by molar-refractivity contribution is -0.132. The first-order chi connectivity index (χ1) is 18.9. The Kier molecular flexibility index (Phi) is 10.7. The molecule has 2 saturated heterocycles. The number of likely N-dealkylation sites (tertiary alicyclic amines) is 2. The predicted octanol–water partition coefficient (Wildman–Crippen LogP) is 6.69. The fraction of sp³-hybridized carbons (Fsp3) is 0.645. The second-order valence-corrected chi connectivity index (χ2v) is 13.5. The second-order valence-electron chi connectivity index (χ2n) is 12.4. The molecule has 2 N–H and O–H groups in total. The molecule has 2 heterocycles. The number of allylic oxidation sites excluding steroid dienone is 1. The number of alkyl halides is 3. The predicted molar refractivity (Wildman–Crippen MR) is 159 cm³/mol. The van der Waals surface area contributed by atoms with Gasteiger partial charge in [0.1, 0.15) is 0 Å². The molecule has 0 spiro atoms. The van der Waals surface area contributed by atoms with Crippen LogP contribution in [0.1, 0.15) is 71.3 Å². The Bertz CT molecular complexity index is 1030. The number of carbonyl (C=O) groups is 1. The first-order valence-electron chi connectivity index (χ1n) is 14.7. The van der Waals surface area contributed by atoms with E-state index in [4.69, 9.17) is 0 Å². The zero-order valence-electron chi connectivity index (χ0n) is 24.1. The summed E-state index contributed by atoms with van der Waals surface area (Å²) in [5.74, 6) is 0.213. The topological polar surface area (TPSA) is 47.6 Å². The molecule has 3 aliphatic rings. The Labute approximate surface area is 242 Å². The highest BCUT2D eigenvalue weighted by atomic mass is 32.2. The SMILES string of the molecule is CC(C)(C)c1ccc(NC2CCN(CCCC(=O)N3CCC[C@H](NC4C=CC(SC(F)(F)F)=CC4)C3)CC2)cc1. The summed E-state index contributed by atoms with van der Waals surface area (Å²) in [4.78, 5) is 17.6. The summed E-state index contributed by atoms with van der Waals surface area (Å²) in [6.07, 6.45) is 11.1. The zero-order valence-corrected chi connectivity index (χ0v) is 24.9. The monoisotopic (exact) mass is 578 g/mol. The number of rotatable bonds is 9. The molecule has 0 aromatic heterocycles. The summed E-state index contributed by atoms with van der Waals surface area (Å²) in [7, 11) is 0.